The molecule has 104 valence electrons. The Hall–Kier alpha value is -2.64. The number of thiophene rings is 1. The Morgan fingerprint density at radius 1 is 1.19 bits per heavy atom. The summed E-state index contributed by atoms with van der Waals surface area (Å²) in [7, 11) is 0. The molecule has 0 atom stereocenters. The molecule has 1 aromatic carbocycles. The van der Waals surface area contributed by atoms with Crippen LogP contribution >= 0.6 is 11.3 Å². The van der Waals surface area contributed by atoms with Gasteiger partial charge in [0.15, 0.2) is 0 Å². The third-order valence-electron chi connectivity index (χ3n) is 2.79. The van der Waals surface area contributed by atoms with Crippen LogP contribution in [0.15, 0.2) is 60.7 Å². The zero-order chi connectivity index (χ0) is 15.1. The smallest absolute Gasteiger partial charge is 0.328 e. The van der Waals surface area contributed by atoms with Crippen molar-refractivity contribution in [3.63, 3.8) is 0 Å². The highest BCUT2D eigenvalue weighted by atomic mass is 32.1. The number of nitrogens with zero attached hydrogens (tertiary/aromatic N) is 1. The Morgan fingerprint density at radius 2 is 1.95 bits per heavy atom. The molecule has 4 heteroatoms. The number of allylic oxidation sites excluding steroid dienone is 3. The molecule has 2 rings (SSSR count). The minimum absolute atomic E-state index is 0.710. The maximum atomic E-state index is 10.3. The molecule has 0 spiro atoms. The van der Waals surface area contributed by atoms with Crippen LogP contribution < -0.4 is 0 Å². The van der Waals surface area contributed by atoms with Crippen LogP contribution in [0, 0.1) is 11.3 Å². The van der Waals surface area contributed by atoms with Crippen molar-refractivity contribution in [3.8, 4) is 16.5 Å². The van der Waals surface area contributed by atoms with Gasteiger partial charge in [0, 0.05) is 11.0 Å². The largest absolute Gasteiger partial charge is 0.478 e. The van der Waals surface area contributed by atoms with Gasteiger partial charge in [-0.1, -0.05) is 42.5 Å². The summed E-state index contributed by atoms with van der Waals surface area (Å²) in [6.45, 7) is 0. The quantitative estimate of drug-likeness (QED) is 0.669. The van der Waals surface area contributed by atoms with Crippen LogP contribution in [0.4, 0.5) is 0 Å². The van der Waals surface area contributed by atoms with Gasteiger partial charge in [-0.2, -0.15) is 5.26 Å². The van der Waals surface area contributed by atoms with E-state index in [1.807, 2.05) is 42.5 Å². The Bertz CT molecular complexity index is 718. The minimum atomic E-state index is -0.948. The van der Waals surface area contributed by atoms with Gasteiger partial charge in [0.1, 0.15) is 10.9 Å². The molecular formula is C17H13NO2S. The van der Waals surface area contributed by atoms with E-state index in [2.05, 4.69) is 6.07 Å². The second kappa shape index (κ2) is 7.22. The molecule has 1 aromatic heterocycles. The van der Waals surface area contributed by atoms with Crippen LogP contribution in [0.25, 0.3) is 10.4 Å². The molecule has 1 heterocycles. The van der Waals surface area contributed by atoms with E-state index in [4.69, 9.17) is 10.4 Å². The normalized spacial score (nSPS) is 11.0. The molecule has 3 nitrogen and oxygen atoms in total. The molecule has 0 unspecified atom stereocenters. The lowest BCUT2D eigenvalue weighted by Crippen LogP contribution is -1.84. The van der Waals surface area contributed by atoms with Gasteiger partial charge in [-0.15, -0.1) is 11.3 Å². The third-order valence-corrected chi connectivity index (χ3v) is 3.83. The van der Waals surface area contributed by atoms with E-state index < -0.39 is 5.97 Å². The molecule has 0 fully saturated rings. The fraction of sp³-hybridized carbons (Fsp3) is 0.0588. The zero-order valence-corrected chi connectivity index (χ0v) is 12.0. The summed E-state index contributed by atoms with van der Waals surface area (Å²) < 4.78 is 0. The van der Waals surface area contributed by atoms with Crippen molar-refractivity contribution >= 4 is 17.3 Å². The van der Waals surface area contributed by atoms with Crippen LogP contribution in [0.3, 0.4) is 0 Å². The van der Waals surface area contributed by atoms with Crippen molar-refractivity contribution in [3.05, 3.63) is 71.1 Å². The fourth-order valence-electron chi connectivity index (χ4n) is 1.78. The van der Waals surface area contributed by atoms with E-state index in [1.165, 1.54) is 17.4 Å². The SMILES string of the molecule is N#Cc1ccc(-c2ccc(C/C=C/C=C/C(=O)O)cc2)s1. The van der Waals surface area contributed by atoms with Gasteiger partial charge in [0.2, 0.25) is 0 Å². The maximum absolute atomic E-state index is 10.3. The van der Waals surface area contributed by atoms with Gasteiger partial charge in [0.25, 0.3) is 0 Å². The summed E-state index contributed by atoms with van der Waals surface area (Å²) in [6.07, 6.45) is 6.99. The molecule has 21 heavy (non-hydrogen) atoms. The molecule has 0 aliphatic heterocycles. The van der Waals surface area contributed by atoms with Gasteiger partial charge < -0.3 is 5.11 Å². The van der Waals surface area contributed by atoms with E-state index in [1.54, 1.807) is 6.08 Å². The lowest BCUT2D eigenvalue weighted by molar-refractivity contribution is -0.131. The highest BCUT2D eigenvalue weighted by molar-refractivity contribution is 7.16. The molecule has 0 bridgehead atoms. The highest BCUT2D eigenvalue weighted by Gasteiger charge is 2.02. The number of carbonyl (C=O) groups is 1. The molecule has 2 aromatic rings. The second-order valence-corrected chi connectivity index (χ2v) is 5.39. The van der Waals surface area contributed by atoms with Crippen LogP contribution in [-0.2, 0) is 11.2 Å². The first kappa shape index (κ1) is 14.8. The number of hydrogen-bond donors (Lipinski definition) is 1. The van der Waals surface area contributed by atoms with Crippen molar-refractivity contribution in [2.45, 2.75) is 6.42 Å². The summed E-state index contributed by atoms with van der Waals surface area (Å²) in [5, 5.41) is 17.3. The Morgan fingerprint density at radius 3 is 2.57 bits per heavy atom. The van der Waals surface area contributed by atoms with Crippen molar-refractivity contribution in [2.75, 3.05) is 0 Å². The zero-order valence-electron chi connectivity index (χ0n) is 11.2. The van der Waals surface area contributed by atoms with E-state index in [9.17, 15) is 4.79 Å². The predicted octanol–water partition coefficient (Wildman–Crippen LogP) is 4.03. The highest BCUT2D eigenvalue weighted by Crippen LogP contribution is 2.27. The molecule has 0 amide bonds. The fourth-order valence-corrected chi connectivity index (χ4v) is 2.59. The predicted molar refractivity (Wildman–Crippen MR) is 84.1 cm³/mol. The Kier molecular flexibility index (Phi) is 5.08. The standard InChI is InChI=1S/C17H13NO2S/c18-12-15-10-11-16(21-15)14-8-6-13(7-9-14)4-2-1-3-5-17(19)20/h1-3,5-11H,4H2,(H,19,20)/b2-1+,5-3+. The lowest BCUT2D eigenvalue weighted by Gasteiger charge is -2.00. The Labute approximate surface area is 127 Å². The molecular weight excluding hydrogens is 282 g/mol. The van der Waals surface area contributed by atoms with Gasteiger partial charge >= 0.3 is 5.97 Å². The summed E-state index contributed by atoms with van der Waals surface area (Å²) in [5.41, 5.74) is 2.25. The number of carboxylic acid groups (broad SMARTS) is 1. The Balaban J connectivity index is 1.99. The van der Waals surface area contributed by atoms with Crippen molar-refractivity contribution in [2.24, 2.45) is 0 Å². The van der Waals surface area contributed by atoms with Crippen LogP contribution in [0.5, 0.6) is 0 Å². The van der Waals surface area contributed by atoms with Crippen LogP contribution in [0.2, 0.25) is 0 Å². The molecule has 0 aliphatic carbocycles. The maximum Gasteiger partial charge on any atom is 0.328 e. The van der Waals surface area contributed by atoms with Gasteiger partial charge in [0.05, 0.1) is 0 Å². The summed E-state index contributed by atoms with van der Waals surface area (Å²) >= 11 is 1.48. The monoisotopic (exact) mass is 295 g/mol. The molecule has 0 saturated carbocycles. The van der Waals surface area contributed by atoms with Gasteiger partial charge in [-0.25, -0.2) is 4.79 Å². The van der Waals surface area contributed by atoms with Crippen LogP contribution in [0.1, 0.15) is 10.4 Å². The van der Waals surface area contributed by atoms with E-state index in [0.717, 1.165) is 28.5 Å². The van der Waals surface area contributed by atoms with Crippen molar-refractivity contribution < 1.29 is 9.90 Å². The minimum Gasteiger partial charge on any atom is -0.478 e. The molecule has 0 saturated heterocycles. The second-order valence-electron chi connectivity index (χ2n) is 4.30. The molecule has 0 aliphatic rings. The summed E-state index contributed by atoms with van der Waals surface area (Å²) in [5.74, 6) is -0.948. The first-order valence-electron chi connectivity index (χ1n) is 6.34. The summed E-state index contributed by atoms with van der Waals surface area (Å²) in [4.78, 5) is 12.1. The first-order chi connectivity index (χ1) is 10.2. The number of nitriles is 1. The van der Waals surface area contributed by atoms with Gasteiger partial charge in [-0.3, -0.25) is 0 Å². The number of aliphatic carboxylic acids is 1. The first-order valence-corrected chi connectivity index (χ1v) is 7.16. The average Bonchev–Trinajstić information content (AvgIpc) is 2.96. The summed E-state index contributed by atoms with van der Waals surface area (Å²) in [6, 6.07) is 14.0. The van der Waals surface area contributed by atoms with E-state index in [-0.39, 0.29) is 0 Å². The van der Waals surface area contributed by atoms with Crippen LogP contribution in [-0.4, -0.2) is 11.1 Å². The van der Waals surface area contributed by atoms with E-state index >= 15 is 0 Å². The van der Waals surface area contributed by atoms with Gasteiger partial charge in [-0.05, 0) is 29.7 Å². The van der Waals surface area contributed by atoms with Crippen molar-refractivity contribution in [1.82, 2.24) is 0 Å². The third kappa shape index (κ3) is 4.44. The average molecular weight is 295 g/mol. The van der Waals surface area contributed by atoms with E-state index in [0.29, 0.717) is 4.88 Å². The number of carboxylic acids is 1. The number of hydrogen-bond acceptors (Lipinski definition) is 3. The molecule has 1 N–H and O–H groups in total. The number of rotatable bonds is 5. The number of benzene rings is 1. The van der Waals surface area contributed by atoms with Crippen molar-refractivity contribution in [1.29, 1.82) is 5.26 Å². The molecule has 0 radical (unpaired) electrons. The lowest BCUT2D eigenvalue weighted by atomic mass is 10.1. The topological polar surface area (TPSA) is 61.1 Å².